The zero-order chi connectivity index (χ0) is 18.1. The molecular weight excluding hydrogens is 348 g/mol. The fourth-order valence-corrected chi connectivity index (χ4v) is 4.46. The van der Waals surface area contributed by atoms with Gasteiger partial charge in [-0.1, -0.05) is 24.3 Å². The molecule has 1 saturated heterocycles. The number of hydrogen-bond acceptors (Lipinski definition) is 4. The fraction of sp³-hybridized carbons (Fsp3) is 0.400. The molecule has 26 heavy (non-hydrogen) atoms. The lowest BCUT2D eigenvalue weighted by molar-refractivity contribution is -0.132. The lowest BCUT2D eigenvalue weighted by Gasteiger charge is -2.42. The highest BCUT2D eigenvalue weighted by molar-refractivity contribution is 7.12. The Morgan fingerprint density at radius 2 is 1.85 bits per heavy atom. The quantitative estimate of drug-likeness (QED) is 0.775. The lowest BCUT2D eigenvalue weighted by atomic mass is 9.90. The van der Waals surface area contributed by atoms with E-state index in [0.29, 0.717) is 26.2 Å². The van der Waals surface area contributed by atoms with Gasteiger partial charge in [0, 0.05) is 45.0 Å². The van der Waals surface area contributed by atoms with Gasteiger partial charge in [-0.05, 0) is 17.5 Å². The molecule has 0 atom stereocenters. The largest absolute Gasteiger partial charge is 0.485 e. The Hall–Kier alpha value is -2.34. The summed E-state index contributed by atoms with van der Waals surface area (Å²) in [5.41, 5.74) is 0.612. The maximum atomic E-state index is 12.6. The second-order valence-electron chi connectivity index (χ2n) is 7.04. The van der Waals surface area contributed by atoms with E-state index in [0.717, 1.165) is 29.0 Å². The lowest BCUT2D eigenvalue weighted by Crippen LogP contribution is -2.54. The number of carbonyl (C=O) groups excluding carboxylic acids is 2. The molecule has 0 unspecified atom stereocenters. The van der Waals surface area contributed by atoms with Crippen molar-refractivity contribution in [2.45, 2.75) is 31.9 Å². The molecule has 1 fully saturated rings. The highest BCUT2D eigenvalue weighted by atomic mass is 32.1. The molecule has 0 aliphatic carbocycles. The van der Waals surface area contributed by atoms with Gasteiger partial charge in [0.15, 0.2) is 0 Å². The molecule has 2 aliphatic rings. The van der Waals surface area contributed by atoms with Crippen LogP contribution in [0, 0.1) is 0 Å². The first kappa shape index (κ1) is 17.1. The van der Waals surface area contributed by atoms with E-state index in [1.807, 2.05) is 51.6 Å². The second kappa shape index (κ2) is 6.76. The third kappa shape index (κ3) is 3.21. The Labute approximate surface area is 157 Å². The Bertz CT molecular complexity index is 810. The second-order valence-corrected chi connectivity index (χ2v) is 7.99. The van der Waals surface area contributed by atoms with Crippen molar-refractivity contribution >= 4 is 23.2 Å². The molecule has 1 aromatic heterocycles. The zero-order valence-electron chi connectivity index (χ0n) is 14.8. The number of amides is 2. The van der Waals surface area contributed by atoms with Gasteiger partial charge in [0.1, 0.15) is 11.4 Å². The van der Waals surface area contributed by atoms with Gasteiger partial charge in [0.2, 0.25) is 5.91 Å². The number of benzene rings is 1. The van der Waals surface area contributed by atoms with Gasteiger partial charge in [-0.2, -0.15) is 0 Å². The minimum atomic E-state index is -0.426. The third-order valence-corrected chi connectivity index (χ3v) is 6.14. The molecule has 0 saturated carbocycles. The van der Waals surface area contributed by atoms with Crippen molar-refractivity contribution in [3.05, 3.63) is 52.2 Å². The number of ether oxygens (including phenoxy) is 1. The number of piperidine rings is 1. The van der Waals surface area contributed by atoms with Crippen LogP contribution in [0.2, 0.25) is 0 Å². The maximum Gasteiger partial charge on any atom is 0.263 e. The summed E-state index contributed by atoms with van der Waals surface area (Å²) in [6.45, 7) is 4.04. The Balaban J connectivity index is 1.55. The molecule has 0 radical (unpaired) electrons. The summed E-state index contributed by atoms with van der Waals surface area (Å²) < 4.78 is 6.46. The molecule has 1 spiro atoms. The highest BCUT2D eigenvalue weighted by Gasteiger charge is 2.42. The molecule has 2 amide bonds. The molecule has 2 aliphatic heterocycles. The van der Waals surface area contributed by atoms with Gasteiger partial charge in [-0.25, -0.2) is 0 Å². The van der Waals surface area contributed by atoms with Gasteiger partial charge < -0.3 is 14.5 Å². The van der Waals surface area contributed by atoms with Crippen LogP contribution < -0.4 is 4.74 Å². The molecular formula is C20H22N2O3S. The van der Waals surface area contributed by atoms with Crippen molar-refractivity contribution in [1.29, 1.82) is 0 Å². The van der Waals surface area contributed by atoms with E-state index in [1.165, 1.54) is 11.3 Å². The van der Waals surface area contributed by atoms with E-state index < -0.39 is 5.60 Å². The van der Waals surface area contributed by atoms with Gasteiger partial charge in [0.25, 0.3) is 5.91 Å². The monoisotopic (exact) mass is 370 g/mol. The number of likely N-dealkylation sites (tertiary alicyclic amines) is 1. The first-order chi connectivity index (χ1) is 12.6. The average Bonchev–Trinajstić information content (AvgIpc) is 3.12. The maximum absolute atomic E-state index is 12.6. The van der Waals surface area contributed by atoms with Crippen molar-refractivity contribution in [1.82, 2.24) is 9.80 Å². The van der Waals surface area contributed by atoms with Crippen LogP contribution >= 0.6 is 11.3 Å². The van der Waals surface area contributed by atoms with Crippen LogP contribution in [-0.4, -0.2) is 46.8 Å². The first-order valence-electron chi connectivity index (χ1n) is 8.92. The first-order valence-corrected chi connectivity index (χ1v) is 9.80. The summed E-state index contributed by atoms with van der Waals surface area (Å²) in [4.78, 5) is 29.3. The van der Waals surface area contributed by atoms with Gasteiger partial charge in [-0.3, -0.25) is 9.59 Å². The Morgan fingerprint density at radius 3 is 2.54 bits per heavy atom. The molecule has 4 rings (SSSR count). The van der Waals surface area contributed by atoms with Gasteiger partial charge in [-0.15, -0.1) is 11.3 Å². The van der Waals surface area contributed by atoms with E-state index in [2.05, 4.69) is 0 Å². The van der Waals surface area contributed by atoms with Crippen molar-refractivity contribution < 1.29 is 14.3 Å². The number of rotatable bonds is 1. The summed E-state index contributed by atoms with van der Waals surface area (Å²) in [6, 6.07) is 11.7. The minimum Gasteiger partial charge on any atom is -0.485 e. The molecule has 2 aromatic rings. The molecule has 0 bridgehead atoms. The molecule has 6 heteroatoms. The fourth-order valence-electron chi connectivity index (χ4n) is 3.77. The summed E-state index contributed by atoms with van der Waals surface area (Å²) in [5, 5.41) is 1.93. The normalized spacial score (nSPS) is 18.8. The Kier molecular flexibility index (Phi) is 4.44. The Morgan fingerprint density at radius 1 is 1.08 bits per heavy atom. The van der Waals surface area contributed by atoms with Crippen LogP contribution in [0.25, 0.3) is 0 Å². The number of carbonyl (C=O) groups is 2. The standard InChI is InChI=1S/C20H22N2O3S/c1-15(23)22-13-16-5-2-3-6-17(16)25-20(14-22)8-10-21(11-9-20)19(24)18-7-4-12-26-18/h2-7,12H,8-11,13-14H2,1H3. The van der Waals surface area contributed by atoms with Crippen LogP contribution in [0.4, 0.5) is 0 Å². The predicted octanol–water partition coefficient (Wildman–Crippen LogP) is 3.16. The number of hydrogen-bond donors (Lipinski definition) is 0. The zero-order valence-corrected chi connectivity index (χ0v) is 15.6. The summed E-state index contributed by atoms with van der Waals surface area (Å²) >= 11 is 1.47. The van der Waals surface area contributed by atoms with Gasteiger partial charge >= 0.3 is 0 Å². The minimum absolute atomic E-state index is 0.0572. The van der Waals surface area contributed by atoms with Gasteiger partial charge in [0.05, 0.1) is 11.4 Å². The summed E-state index contributed by atoms with van der Waals surface area (Å²) in [7, 11) is 0. The molecule has 136 valence electrons. The molecule has 3 heterocycles. The molecule has 5 nitrogen and oxygen atoms in total. The van der Waals surface area contributed by atoms with Crippen LogP contribution in [-0.2, 0) is 11.3 Å². The van der Waals surface area contributed by atoms with Crippen molar-refractivity contribution in [2.75, 3.05) is 19.6 Å². The average molecular weight is 370 g/mol. The van der Waals surface area contributed by atoms with E-state index >= 15 is 0 Å². The summed E-state index contributed by atoms with van der Waals surface area (Å²) in [6.07, 6.45) is 1.45. The molecule has 0 N–H and O–H groups in total. The number of thiophene rings is 1. The number of fused-ring (bicyclic) bond motifs is 1. The van der Waals surface area contributed by atoms with Crippen molar-refractivity contribution in [2.24, 2.45) is 0 Å². The highest BCUT2D eigenvalue weighted by Crippen LogP contribution is 2.36. The SMILES string of the molecule is CC(=O)N1Cc2ccccc2OC2(CCN(C(=O)c3cccs3)CC2)C1. The summed E-state index contributed by atoms with van der Waals surface area (Å²) in [5.74, 6) is 1.00. The number of nitrogens with zero attached hydrogens (tertiary/aromatic N) is 2. The van der Waals surface area contributed by atoms with Crippen LogP contribution in [0.3, 0.4) is 0 Å². The number of para-hydroxylation sites is 1. The van der Waals surface area contributed by atoms with Crippen molar-refractivity contribution in [3.8, 4) is 5.75 Å². The van der Waals surface area contributed by atoms with E-state index in [9.17, 15) is 9.59 Å². The van der Waals surface area contributed by atoms with Crippen LogP contribution in [0.5, 0.6) is 5.75 Å². The topological polar surface area (TPSA) is 49.9 Å². The smallest absolute Gasteiger partial charge is 0.263 e. The predicted molar refractivity (Wildman–Crippen MR) is 100 cm³/mol. The van der Waals surface area contributed by atoms with E-state index in [1.54, 1.807) is 6.92 Å². The van der Waals surface area contributed by atoms with E-state index in [4.69, 9.17) is 4.74 Å². The van der Waals surface area contributed by atoms with E-state index in [-0.39, 0.29) is 11.8 Å². The van der Waals surface area contributed by atoms with Crippen molar-refractivity contribution in [3.63, 3.8) is 0 Å². The molecule has 1 aromatic carbocycles. The van der Waals surface area contributed by atoms with Crippen LogP contribution in [0.1, 0.15) is 35.0 Å². The third-order valence-electron chi connectivity index (χ3n) is 5.28. The van der Waals surface area contributed by atoms with Crippen LogP contribution in [0.15, 0.2) is 41.8 Å².